The highest BCUT2D eigenvalue weighted by Crippen LogP contribution is 2.35. The Balaban J connectivity index is 1.86. The van der Waals surface area contributed by atoms with E-state index in [0.29, 0.717) is 13.2 Å². The van der Waals surface area contributed by atoms with Crippen molar-refractivity contribution in [3.63, 3.8) is 0 Å². The molecule has 0 spiro atoms. The highest BCUT2D eigenvalue weighted by atomic mass is 16.5. The van der Waals surface area contributed by atoms with Gasteiger partial charge in [0.15, 0.2) is 0 Å². The summed E-state index contributed by atoms with van der Waals surface area (Å²) in [5.41, 5.74) is 2.05. The van der Waals surface area contributed by atoms with E-state index in [1.807, 2.05) is 18.2 Å². The van der Waals surface area contributed by atoms with Gasteiger partial charge in [0.25, 0.3) is 0 Å². The van der Waals surface area contributed by atoms with Crippen LogP contribution >= 0.6 is 0 Å². The molecule has 0 aliphatic heterocycles. The van der Waals surface area contributed by atoms with E-state index in [9.17, 15) is 5.11 Å². The second kappa shape index (κ2) is 6.89. The monoisotopic (exact) mass is 266 g/mol. The maximum Gasteiger partial charge on any atom is 0.119 e. The van der Waals surface area contributed by atoms with Gasteiger partial charge >= 0.3 is 0 Å². The minimum Gasteiger partial charge on any atom is -0.497 e. The molecule has 4 nitrogen and oxygen atoms in total. The Morgan fingerprint density at radius 1 is 1.26 bits per heavy atom. The van der Waals surface area contributed by atoms with Gasteiger partial charge in [-0.05, 0) is 29.7 Å². The van der Waals surface area contributed by atoms with Crippen molar-refractivity contribution in [2.24, 2.45) is 0 Å². The smallest absolute Gasteiger partial charge is 0.119 e. The zero-order valence-electron chi connectivity index (χ0n) is 11.6. The van der Waals surface area contributed by atoms with Crippen LogP contribution < -0.4 is 4.74 Å². The highest BCUT2D eigenvalue weighted by molar-refractivity contribution is 5.41. The number of aliphatic hydroxyl groups excluding tert-OH is 1. The zero-order valence-corrected chi connectivity index (χ0v) is 11.6. The first kappa shape index (κ1) is 14.3. The van der Waals surface area contributed by atoms with Crippen molar-refractivity contribution in [3.05, 3.63) is 29.3 Å². The van der Waals surface area contributed by atoms with E-state index in [-0.39, 0.29) is 6.10 Å². The summed E-state index contributed by atoms with van der Waals surface area (Å²) in [7, 11) is 1.63. The molecule has 19 heavy (non-hydrogen) atoms. The second-order valence-electron chi connectivity index (χ2n) is 4.74. The Morgan fingerprint density at radius 3 is 2.84 bits per heavy atom. The quantitative estimate of drug-likeness (QED) is 0.768. The predicted molar refractivity (Wildman–Crippen MR) is 72.5 cm³/mol. The zero-order chi connectivity index (χ0) is 13.7. The largest absolute Gasteiger partial charge is 0.497 e. The van der Waals surface area contributed by atoms with Crippen LogP contribution in [0.5, 0.6) is 5.75 Å². The first-order valence-electron chi connectivity index (χ1n) is 6.80. The molecule has 1 aromatic carbocycles. The van der Waals surface area contributed by atoms with Crippen LogP contribution in [0.2, 0.25) is 0 Å². The molecule has 0 radical (unpaired) electrons. The molecule has 2 rings (SSSR count). The molecule has 0 saturated carbocycles. The lowest BCUT2D eigenvalue weighted by atomic mass is 10.1. The molecule has 1 aliphatic carbocycles. The number of fused-ring (bicyclic) bond motifs is 1. The molecular formula is C15H22O4. The molecule has 0 amide bonds. The van der Waals surface area contributed by atoms with Crippen molar-refractivity contribution in [1.82, 2.24) is 0 Å². The van der Waals surface area contributed by atoms with Crippen LogP contribution in [0.3, 0.4) is 0 Å². The van der Waals surface area contributed by atoms with Crippen LogP contribution in [0.4, 0.5) is 0 Å². The van der Waals surface area contributed by atoms with Gasteiger partial charge in [-0.25, -0.2) is 0 Å². The normalized spacial score (nSPS) is 21.4. The molecule has 1 aliphatic rings. The molecular weight excluding hydrogens is 244 g/mol. The minimum atomic E-state index is -0.573. The second-order valence-corrected chi connectivity index (χ2v) is 4.74. The lowest BCUT2D eigenvalue weighted by molar-refractivity contribution is -0.0483. The fourth-order valence-corrected chi connectivity index (χ4v) is 2.34. The molecule has 0 fully saturated rings. The molecule has 1 aromatic rings. The fourth-order valence-electron chi connectivity index (χ4n) is 2.34. The average molecular weight is 266 g/mol. The maximum absolute atomic E-state index is 10.2. The number of hydrogen-bond acceptors (Lipinski definition) is 4. The molecule has 0 bridgehead atoms. The van der Waals surface area contributed by atoms with Crippen molar-refractivity contribution in [2.75, 3.05) is 26.9 Å². The number of hydrogen-bond donors (Lipinski definition) is 1. The van der Waals surface area contributed by atoms with Crippen molar-refractivity contribution in [3.8, 4) is 5.75 Å². The third kappa shape index (κ3) is 3.47. The Hall–Kier alpha value is -1.10. The lowest BCUT2D eigenvalue weighted by Crippen LogP contribution is -2.20. The van der Waals surface area contributed by atoms with Gasteiger partial charge < -0.3 is 19.3 Å². The summed E-state index contributed by atoms with van der Waals surface area (Å²) >= 11 is 0. The van der Waals surface area contributed by atoms with Crippen molar-refractivity contribution >= 4 is 0 Å². The molecule has 0 aromatic heterocycles. The fraction of sp³-hybridized carbons (Fsp3) is 0.600. The van der Waals surface area contributed by atoms with E-state index in [4.69, 9.17) is 14.2 Å². The minimum absolute atomic E-state index is 0.174. The highest BCUT2D eigenvalue weighted by Gasteiger charge is 2.31. The van der Waals surface area contributed by atoms with E-state index < -0.39 is 6.10 Å². The van der Waals surface area contributed by atoms with Crippen molar-refractivity contribution in [1.29, 1.82) is 0 Å². The van der Waals surface area contributed by atoms with Gasteiger partial charge in [-0.3, -0.25) is 0 Å². The van der Waals surface area contributed by atoms with Crippen LogP contribution in [0.15, 0.2) is 18.2 Å². The molecule has 1 N–H and O–H groups in total. The summed E-state index contributed by atoms with van der Waals surface area (Å²) in [6.45, 7) is 3.93. The van der Waals surface area contributed by atoms with Crippen LogP contribution in [-0.2, 0) is 15.9 Å². The Labute approximate surface area is 114 Å². The van der Waals surface area contributed by atoms with E-state index in [1.54, 1.807) is 7.11 Å². The predicted octanol–water partition coefficient (Wildman–Crippen LogP) is 2.10. The summed E-state index contributed by atoms with van der Waals surface area (Å²) in [5.74, 6) is 0.768. The summed E-state index contributed by atoms with van der Waals surface area (Å²) in [4.78, 5) is 0. The molecule has 2 atom stereocenters. The summed E-state index contributed by atoms with van der Waals surface area (Å²) in [6.07, 6.45) is 1.01. The first-order chi connectivity index (χ1) is 9.26. The van der Waals surface area contributed by atoms with Crippen LogP contribution in [0.25, 0.3) is 0 Å². The van der Waals surface area contributed by atoms with Gasteiger partial charge in [0.2, 0.25) is 0 Å². The number of methoxy groups -OCH3 is 1. The standard InChI is InChI=1S/C15H22O4/c1-3-6-18-7-8-19-14-9-11-4-5-12(17-2)10-13(11)15(14)16/h4-5,10,14-16H,3,6-9H2,1-2H3. The van der Waals surface area contributed by atoms with Crippen LogP contribution in [-0.4, -0.2) is 38.1 Å². The maximum atomic E-state index is 10.2. The van der Waals surface area contributed by atoms with E-state index in [1.165, 1.54) is 0 Å². The van der Waals surface area contributed by atoms with Gasteiger partial charge in [0.1, 0.15) is 11.9 Å². The summed E-state index contributed by atoms with van der Waals surface area (Å²) in [6, 6.07) is 5.80. The lowest BCUT2D eigenvalue weighted by Gasteiger charge is -2.16. The Kier molecular flexibility index (Phi) is 5.19. The van der Waals surface area contributed by atoms with Crippen molar-refractivity contribution in [2.45, 2.75) is 32.0 Å². The van der Waals surface area contributed by atoms with Gasteiger partial charge in [-0.15, -0.1) is 0 Å². The van der Waals surface area contributed by atoms with Crippen molar-refractivity contribution < 1.29 is 19.3 Å². The molecule has 4 heteroatoms. The van der Waals surface area contributed by atoms with Gasteiger partial charge in [-0.1, -0.05) is 13.0 Å². The SMILES string of the molecule is CCCOCCOC1Cc2ccc(OC)cc2C1O. The number of aliphatic hydroxyl groups is 1. The van der Waals surface area contributed by atoms with Gasteiger partial charge in [-0.2, -0.15) is 0 Å². The molecule has 2 unspecified atom stereocenters. The number of rotatable bonds is 7. The van der Waals surface area contributed by atoms with Gasteiger partial charge in [0.05, 0.1) is 26.4 Å². The third-order valence-electron chi connectivity index (χ3n) is 3.35. The summed E-state index contributed by atoms with van der Waals surface area (Å²) in [5, 5.41) is 10.2. The molecule has 0 heterocycles. The topological polar surface area (TPSA) is 47.9 Å². The number of ether oxygens (including phenoxy) is 3. The van der Waals surface area contributed by atoms with Gasteiger partial charge in [0, 0.05) is 13.0 Å². The van der Waals surface area contributed by atoms with Crippen LogP contribution in [0.1, 0.15) is 30.6 Å². The molecule has 106 valence electrons. The number of benzene rings is 1. The first-order valence-corrected chi connectivity index (χ1v) is 6.80. The Morgan fingerprint density at radius 2 is 2.11 bits per heavy atom. The Bertz CT molecular complexity index is 405. The van der Waals surface area contributed by atoms with E-state index in [0.717, 1.165) is 36.3 Å². The summed E-state index contributed by atoms with van der Waals surface area (Å²) < 4.78 is 16.2. The van der Waals surface area contributed by atoms with Crippen LogP contribution in [0, 0.1) is 0 Å². The van der Waals surface area contributed by atoms with E-state index in [2.05, 4.69) is 6.92 Å². The molecule has 0 saturated heterocycles. The average Bonchev–Trinajstić information content (AvgIpc) is 2.75. The van der Waals surface area contributed by atoms with E-state index >= 15 is 0 Å². The third-order valence-corrected chi connectivity index (χ3v) is 3.35.